The van der Waals surface area contributed by atoms with Crippen LogP contribution in [-0.2, 0) is 6.42 Å². The van der Waals surface area contributed by atoms with E-state index >= 15 is 0 Å². The van der Waals surface area contributed by atoms with E-state index in [0.717, 1.165) is 37.6 Å². The van der Waals surface area contributed by atoms with E-state index in [1.807, 2.05) is 24.1 Å². The van der Waals surface area contributed by atoms with Crippen LogP contribution in [0.1, 0.15) is 28.8 Å². The number of hydrogen-bond donors (Lipinski definition) is 0. The Hall–Kier alpha value is -1.91. The molecule has 0 radical (unpaired) electrons. The molecule has 0 N–H and O–H groups in total. The molecule has 1 aliphatic rings. The highest BCUT2D eigenvalue weighted by atomic mass is 35.5. The third-order valence-corrected chi connectivity index (χ3v) is 5.29. The van der Waals surface area contributed by atoms with E-state index in [1.165, 1.54) is 18.4 Å². The van der Waals surface area contributed by atoms with Crippen molar-refractivity contribution in [3.8, 4) is 0 Å². The lowest BCUT2D eigenvalue weighted by Crippen LogP contribution is -2.42. The highest BCUT2D eigenvalue weighted by molar-refractivity contribution is 6.30. The Morgan fingerprint density at radius 1 is 1.23 bits per heavy atom. The van der Waals surface area contributed by atoms with Crippen LogP contribution in [0.4, 0.5) is 0 Å². The van der Waals surface area contributed by atoms with Crippen LogP contribution in [0.2, 0.25) is 5.02 Å². The second kappa shape index (κ2) is 9.15. The minimum Gasteiger partial charge on any atom is -0.341 e. The van der Waals surface area contributed by atoms with E-state index in [2.05, 4.69) is 22.0 Å². The monoisotopic (exact) mass is 371 g/mol. The third kappa shape index (κ3) is 5.29. The summed E-state index contributed by atoms with van der Waals surface area (Å²) in [7, 11) is 1.90. The van der Waals surface area contributed by atoms with Crippen molar-refractivity contribution in [1.29, 1.82) is 0 Å². The van der Waals surface area contributed by atoms with Gasteiger partial charge in [0, 0.05) is 49.7 Å². The molecule has 1 aliphatic heterocycles. The summed E-state index contributed by atoms with van der Waals surface area (Å²) in [6.07, 6.45) is 6.75. The average molecular weight is 372 g/mol. The molecular weight excluding hydrogens is 346 g/mol. The average Bonchev–Trinajstić information content (AvgIpc) is 2.68. The number of likely N-dealkylation sites (tertiary alicyclic amines) is 1. The predicted octanol–water partition coefficient (Wildman–Crippen LogP) is 3.76. The predicted molar refractivity (Wildman–Crippen MR) is 106 cm³/mol. The standard InChI is InChI=1S/C21H26ClN3O/c1-24(21(26)19-8-11-23-12-9-19)15-18-3-2-13-25(16-18)14-10-17-4-6-20(22)7-5-17/h4-9,11-12,18H,2-3,10,13-16H2,1H3/t18-/m1/s1. The van der Waals surface area contributed by atoms with Crippen molar-refractivity contribution in [3.05, 3.63) is 64.9 Å². The van der Waals surface area contributed by atoms with Crippen molar-refractivity contribution in [2.75, 3.05) is 33.2 Å². The molecule has 1 aromatic heterocycles. The summed E-state index contributed by atoms with van der Waals surface area (Å²) in [4.78, 5) is 20.9. The Morgan fingerprint density at radius 2 is 1.96 bits per heavy atom. The fraction of sp³-hybridized carbons (Fsp3) is 0.429. The van der Waals surface area contributed by atoms with Gasteiger partial charge in [0.1, 0.15) is 0 Å². The molecule has 1 atom stereocenters. The molecule has 138 valence electrons. The summed E-state index contributed by atoms with van der Waals surface area (Å²) < 4.78 is 0. The van der Waals surface area contributed by atoms with Crippen LogP contribution in [0.3, 0.4) is 0 Å². The van der Waals surface area contributed by atoms with Crippen molar-refractivity contribution in [3.63, 3.8) is 0 Å². The van der Waals surface area contributed by atoms with Gasteiger partial charge in [0.05, 0.1) is 0 Å². The number of benzene rings is 1. The highest BCUT2D eigenvalue weighted by Gasteiger charge is 2.23. The number of amides is 1. The summed E-state index contributed by atoms with van der Waals surface area (Å²) in [5, 5.41) is 0.786. The van der Waals surface area contributed by atoms with Gasteiger partial charge in [-0.2, -0.15) is 0 Å². The number of nitrogens with zero attached hydrogens (tertiary/aromatic N) is 3. The molecule has 0 saturated carbocycles. The Kier molecular flexibility index (Phi) is 6.64. The van der Waals surface area contributed by atoms with Crippen molar-refractivity contribution in [2.24, 2.45) is 5.92 Å². The summed E-state index contributed by atoms with van der Waals surface area (Å²) in [6, 6.07) is 11.7. The van der Waals surface area contributed by atoms with Crippen LogP contribution in [0, 0.1) is 5.92 Å². The zero-order chi connectivity index (χ0) is 18.4. The van der Waals surface area contributed by atoms with Crippen LogP contribution < -0.4 is 0 Å². The van der Waals surface area contributed by atoms with E-state index in [4.69, 9.17) is 11.6 Å². The topological polar surface area (TPSA) is 36.4 Å². The lowest BCUT2D eigenvalue weighted by molar-refractivity contribution is 0.0730. The number of rotatable bonds is 6. The normalized spacial score (nSPS) is 17.8. The maximum absolute atomic E-state index is 12.5. The van der Waals surface area contributed by atoms with Crippen LogP contribution >= 0.6 is 11.6 Å². The molecule has 0 unspecified atom stereocenters. The van der Waals surface area contributed by atoms with Gasteiger partial charge in [-0.3, -0.25) is 9.78 Å². The van der Waals surface area contributed by atoms with Gasteiger partial charge in [-0.25, -0.2) is 0 Å². The molecule has 1 amide bonds. The fourth-order valence-electron chi connectivity index (χ4n) is 3.63. The Labute approximate surface area is 160 Å². The zero-order valence-electron chi connectivity index (χ0n) is 15.3. The lowest BCUT2D eigenvalue weighted by Gasteiger charge is -2.34. The molecule has 26 heavy (non-hydrogen) atoms. The van der Waals surface area contributed by atoms with E-state index in [9.17, 15) is 4.79 Å². The van der Waals surface area contributed by atoms with E-state index in [0.29, 0.717) is 11.5 Å². The lowest BCUT2D eigenvalue weighted by atomic mass is 9.97. The third-order valence-electron chi connectivity index (χ3n) is 5.04. The number of carbonyl (C=O) groups is 1. The first kappa shape index (κ1) is 18.9. The van der Waals surface area contributed by atoms with Gasteiger partial charge in [-0.15, -0.1) is 0 Å². The van der Waals surface area contributed by atoms with Crippen molar-refractivity contribution >= 4 is 17.5 Å². The Balaban J connectivity index is 1.48. The second-order valence-electron chi connectivity index (χ2n) is 7.11. The number of aromatic nitrogens is 1. The molecule has 1 aromatic carbocycles. The van der Waals surface area contributed by atoms with Crippen molar-refractivity contribution in [2.45, 2.75) is 19.3 Å². The second-order valence-corrected chi connectivity index (χ2v) is 7.54. The SMILES string of the molecule is CN(C[C@H]1CCCN(CCc2ccc(Cl)cc2)C1)C(=O)c1ccncc1. The summed E-state index contributed by atoms with van der Waals surface area (Å²) in [5.41, 5.74) is 2.03. The Morgan fingerprint density at radius 3 is 2.69 bits per heavy atom. The van der Waals surface area contributed by atoms with Gasteiger partial charge in [-0.1, -0.05) is 23.7 Å². The van der Waals surface area contributed by atoms with Gasteiger partial charge in [-0.05, 0) is 61.6 Å². The van der Waals surface area contributed by atoms with Gasteiger partial charge < -0.3 is 9.80 Å². The van der Waals surface area contributed by atoms with Crippen LogP contribution in [0.25, 0.3) is 0 Å². The maximum Gasteiger partial charge on any atom is 0.253 e. The molecular formula is C21H26ClN3O. The number of piperidine rings is 1. The van der Waals surface area contributed by atoms with E-state index in [-0.39, 0.29) is 5.91 Å². The van der Waals surface area contributed by atoms with Crippen LogP contribution in [-0.4, -0.2) is 53.9 Å². The number of pyridine rings is 1. The molecule has 4 nitrogen and oxygen atoms in total. The van der Waals surface area contributed by atoms with Crippen LogP contribution in [0.15, 0.2) is 48.8 Å². The first-order valence-corrected chi connectivity index (χ1v) is 9.62. The highest BCUT2D eigenvalue weighted by Crippen LogP contribution is 2.19. The molecule has 2 heterocycles. The minimum absolute atomic E-state index is 0.0747. The summed E-state index contributed by atoms with van der Waals surface area (Å²) >= 11 is 5.95. The maximum atomic E-state index is 12.5. The molecule has 0 spiro atoms. The smallest absolute Gasteiger partial charge is 0.253 e. The fourth-order valence-corrected chi connectivity index (χ4v) is 3.75. The number of halogens is 1. The number of carbonyl (C=O) groups excluding carboxylic acids is 1. The molecule has 1 fully saturated rings. The quantitative estimate of drug-likeness (QED) is 0.775. The minimum atomic E-state index is 0.0747. The van der Waals surface area contributed by atoms with E-state index in [1.54, 1.807) is 24.5 Å². The molecule has 3 rings (SSSR count). The van der Waals surface area contributed by atoms with Gasteiger partial charge >= 0.3 is 0 Å². The summed E-state index contributed by atoms with van der Waals surface area (Å²) in [6.45, 7) is 4.06. The first-order valence-electron chi connectivity index (χ1n) is 9.24. The molecule has 2 aromatic rings. The molecule has 5 heteroatoms. The molecule has 0 aliphatic carbocycles. The number of hydrogen-bond acceptors (Lipinski definition) is 3. The zero-order valence-corrected chi connectivity index (χ0v) is 16.0. The Bertz CT molecular complexity index is 705. The van der Waals surface area contributed by atoms with Crippen molar-refractivity contribution < 1.29 is 4.79 Å². The molecule has 1 saturated heterocycles. The summed E-state index contributed by atoms with van der Waals surface area (Å²) in [5.74, 6) is 0.607. The first-order chi connectivity index (χ1) is 12.6. The largest absolute Gasteiger partial charge is 0.341 e. The van der Waals surface area contributed by atoms with Gasteiger partial charge in [0.2, 0.25) is 0 Å². The van der Waals surface area contributed by atoms with Gasteiger partial charge in [0.25, 0.3) is 5.91 Å². The van der Waals surface area contributed by atoms with Crippen LogP contribution in [0.5, 0.6) is 0 Å². The van der Waals surface area contributed by atoms with Crippen molar-refractivity contribution in [1.82, 2.24) is 14.8 Å². The molecule has 0 bridgehead atoms. The van der Waals surface area contributed by atoms with Gasteiger partial charge in [0.15, 0.2) is 0 Å². The van der Waals surface area contributed by atoms with E-state index < -0.39 is 0 Å².